The summed E-state index contributed by atoms with van der Waals surface area (Å²) >= 11 is 0. The molecule has 1 aromatic rings. The maximum atomic E-state index is 12.7. The molecule has 0 fully saturated rings. The van der Waals surface area contributed by atoms with Gasteiger partial charge in [0.1, 0.15) is 6.10 Å². The number of carbonyl (C=O) groups is 2. The molecule has 0 saturated heterocycles. The third-order valence-corrected chi connectivity index (χ3v) is 6.16. The summed E-state index contributed by atoms with van der Waals surface area (Å²) in [5.74, 6) is -1.60. The van der Waals surface area contributed by atoms with E-state index >= 15 is 0 Å². The predicted molar refractivity (Wildman–Crippen MR) is 132 cm³/mol. The van der Waals surface area contributed by atoms with Crippen molar-refractivity contribution < 1.29 is 19.4 Å². The number of hydrogen-bond donors (Lipinski definition) is 1. The van der Waals surface area contributed by atoms with Gasteiger partial charge in [-0.15, -0.1) is 0 Å². The second-order valence-electron chi connectivity index (χ2n) is 9.05. The number of carboxylic acids is 1. The summed E-state index contributed by atoms with van der Waals surface area (Å²) in [7, 11) is 0. The average Bonchev–Trinajstić information content (AvgIpc) is 2.79. The first kappa shape index (κ1) is 28.2. The number of carbonyl (C=O) groups excluding carboxylic acids is 1. The second-order valence-corrected chi connectivity index (χ2v) is 9.05. The van der Waals surface area contributed by atoms with Crippen molar-refractivity contribution in [1.29, 1.82) is 0 Å². The van der Waals surface area contributed by atoms with E-state index in [0.717, 1.165) is 25.7 Å². The highest BCUT2D eigenvalue weighted by atomic mass is 16.5. The molecule has 0 radical (unpaired) electrons. The molecule has 32 heavy (non-hydrogen) atoms. The summed E-state index contributed by atoms with van der Waals surface area (Å²) in [4.78, 5) is 24.2. The van der Waals surface area contributed by atoms with E-state index in [1.54, 1.807) is 18.2 Å². The minimum absolute atomic E-state index is 0.0132. The SMILES string of the molecule is CCCCCCCCCCC(CCCCCCCCC)OC(=O)c1ccccc1C(=O)O. The lowest BCUT2D eigenvalue weighted by molar-refractivity contribution is 0.0244. The molecular formula is C28H46O4. The van der Waals surface area contributed by atoms with Gasteiger partial charge < -0.3 is 9.84 Å². The topological polar surface area (TPSA) is 63.6 Å². The van der Waals surface area contributed by atoms with Crippen molar-refractivity contribution in [3.05, 3.63) is 35.4 Å². The van der Waals surface area contributed by atoms with Gasteiger partial charge in [-0.25, -0.2) is 9.59 Å². The smallest absolute Gasteiger partial charge is 0.339 e. The van der Waals surface area contributed by atoms with E-state index in [2.05, 4.69) is 13.8 Å². The molecule has 0 amide bonds. The summed E-state index contributed by atoms with van der Waals surface area (Å²) in [6.07, 6.45) is 20.2. The number of aromatic carboxylic acids is 1. The molecule has 4 heteroatoms. The minimum Gasteiger partial charge on any atom is -0.478 e. The molecule has 0 heterocycles. The van der Waals surface area contributed by atoms with Gasteiger partial charge in [0.25, 0.3) is 0 Å². The molecular weight excluding hydrogens is 400 g/mol. The van der Waals surface area contributed by atoms with Gasteiger partial charge in [0, 0.05) is 0 Å². The zero-order chi connectivity index (χ0) is 23.4. The van der Waals surface area contributed by atoms with Gasteiger partial charge in [-0.05, 0) is 37.8 Å². The molecule has 1 aromatic carbocycles. The number of benzene rings is 1. The minimum atomic E-state index is -1.09. The fourth-order valence-corrected chi connectivity index (χ4v) is 4.16. The lowest BCUT2D eigenvalue weighted by Crippen LogP contribution is -2.20. The third kappa shape index (κ3) is 12.9. The van der Waals surface area contributed by atoms with Gasteiger partial charge >= 0.3 is 11.9 Å². The molecule has 0 aliphatic rings. The zero-order valence-electron chi connectivity index (χ0n) is 20.6. The van der Waals surface area contributed by atoms with Gasteiger partial charge in [0.2, 0.25) is 0 Å². The van der Waals surface area contributed by atoms with E-state index in [9.17, 15) is 14.7 Å². The van der Waals surface area contributed by atoms with Crippen molar-refractivity contribution in [2.24, 2.45) is 0 Å². The molecule has 0 aliphatic heterocycles. The number of unbranched alkanes of at least 4 members (excludes halogenated alkanes) is 13. The molecule has 4 nitrogen and oxygen atoms in total. The lowest BCUT2D eigenvalue weighted by atomic mass is 10.0. The quantitative estimate of drug-likeness (QED) is 0.161. The maximum absolute atomic E-state index is 12.7. The number of esters is 1. The number of carboxylic acid groups (broad SMARTS) is 1. The first-order chi connectivity index (χ1) is 15.6. The summed E-state index contributed by atoms with van der Waals surface area (Å²) < 4.78 is 5.83. The van der Waals surface area contributed by atoms with Crippen LogP contribution in [0, 0.1) is 0 Å². The first-order valence-corrected chi connectivity index (χ1v) is 13.1. The molecule has 182 valence electrons. The first-order valence-electron chi connectivity index (χ1n) is 13.1. The van der Waals surface area contributed by atoms with Crippen LogP contribution in [-0.4, -0.2) is 23.1 Å². The average molecular weight is 447 g/mol. The van der Waals surface area contributed by atoms with Crippen LogP contribution in [0.1, 0.15) is 144 Å². The van der Waals surface area contributed by atoms with Crippen LogP contribution in [0.4, 0.5) is 0 Å². The van der Waals surface area contributed by atoms with E-state index < -0.39 is 11.9 Å². The van der Waals surface area contributed by atoms with Crippen molar-refractivity contribution in [2.75, 3.05) is 0 Å². The Morgan fingerprint density at radius 2 is 1.09 bits per heavy atom. The summed E-state index contributed by atoms with van der Waals surface area (Å²) in [5, 5.41) is 9.38. The highest BCUT2D eigenvalue weighted by Gasteiger charge is 2.20. The molecule has 1 rings (SSSR count). The van der Waals surface area contributed by atoms with Gasteiger partial charge in [0.15, 0.2) is 0 Å². The van der Waals surface area contributed by atoms with Crippen LogP contribution in [0.3, 0.4) is 0 Å². The number of hydrogen-bond acceptors (Lipinski definition) is 3. The van der Waals surface area contributed by atoms with Crippen LogP contribution in [0.2, 0.25) is 0 Å². The van der Waals surface area contributed by atoms with E-state index in [0.29, 0.717) is 0 Å². The Bertz CT molecular complexity index is 626. The number of rotatable bonds is 20. The predicted octanol–water partition coefficient (Wildman–Crippen LogP) is 8.58. The summed E-state index contributed by atoms with van der Waals surface area (Å²) in [5.41, 5.74) is 0.166. The zero-order valence-corrected chi connectivity index (χ0v) is 20.6. The summed E-state index contributed by atoms with van der Waals surface area (Å²) in [6, 6.07) is 6.33. The van der Waals surface area contributed by atoms with Crippen LogP contribution in [-0.2, 0) is 4.74 Å². The van der Waals surface area contributed by atoms with Crippen LogP contribution >= 0.6 is 0 Å². The van der Waals surface area contributed by atoms with Crippen molar-refractivity contribution in [3.63, 3.8) is 0 Å². The molecule has 1 unspecified atom stereocenters. The largest absolute Gasteiger partial charge is 0.478 e. The van der Waals surface area contributed by atoms with Crippen LogP contribution in [0.15, 0.2) is 24.3 Å². The second kappa shape index (κ2) is 18.7. The van der Waals surface area contributed by atoms with Gasteiger partial charge in [-0.3, -0.25) is 0 Å². The molecule has 1 N–H and O–H groups in total. The maximum Gasteiger partial charge on any atom is 0.339 e. The highest BCUT2D eigenvalue weighted by molar-refractivity contribution is 6.02. The monoisotopic (exact) mass is 446 g/mol. The standard InChI is InChI=1S/C28H46O4/c1-3-5-7-9-11-13-15-17-21-24(20-16-14-12-10-8-6-4-2)32-28(31)26-23-19-18-22-25(26)27(29)30/h18-19,22-24H,3-17,20-21H2,1-2H3,(H,29,30). The van der Waals surface area contributed by atoms with E-state index in [4.69, 9.17) is 4.74 Å². The summed E-state index contributed by atoms with van der Waals surface area (Å²) in [6.45, 7) is 4.47. The van der Waals surface area contributed by atoms with Gasteiger partial charge in [-0.1, -0.05) is 109 Å². The Morgan fingerprint density at radius 1 is 0.688 bits per heavy atom. The molecule has 0 bridgehead atoms. The van der Waals surface area contributed by atoms with Gasteiger partial charge in [0.05, 0.1) is 11.1 Å². The van der Waals surface area contributed by atoms with Crippen LogP contribution < -0.4 is 0 Å². The van der Waals surface area contributed by atoms with E-state index in [1.807, 2.05) is 0 Å². The molecule has 0 aromatic heterocycles. The molecule has 0 spiro atoms. The fourth-order valence-electron chi connectivity index (χ4n) is 4.16. The van der Waals surface area contributed by atoms with Crippen molar-refractivity contribution >= 4 is 11.9 Å². The fraction of sp³-hybridized carbons (Fsp3) is 0.714. The number of ether oxygens (including phenoxy) is 1. The lowest BCUT2D eigenvalue weighted by Gasteiger charge is -2.19. The molecule has 1 atom stereocenters. The van der Waals surface area contributed by atoms with E-state index in [1.165, 1.54) is 89.5 Å². The van der Waals surface area contributed by atoms with Crippen molar-refractivity contribution in [3.8, 4) is 0 Å². The molecule has 0 saturated carbocycles. The highest BCUT2D eigenvalue weighted by Crippen LogP contribution is 2.20. The Kier molecular flexibility index (Phi) is 16.5. The molecule has 0 aliphatic carbocycles. The Hall–Kier alpha value is -1.84. The van der Waals surface area contributed by atoms with Crippen molar-refractivity contribution in [1.82, 2.24) is 0 Å². The Morgan fingerprint density at radius 3 is 1.53 bits per heavy atom. The van der Waals surface area contributed by atoms with E-state index in [-0.39, 0.29) is 17.2 Å². The van der Waals surface area contributed by atoms with Crippen LogP contribution in [0.5, 0.6) is 0 Å². The van der Waals surface area contributed by atoms with Gasteiger partial charge in [-0.2, -0.15) is 0 Å². The Labute approximate surface area is 196 Å². The van der Waals surface area contributed by atoms with Crippen molar-refractivity contribution in [2.45, 2.75) is 129 Å². The third-order valence-electron chi connectivity index (χ3n) is 6.16. The normalized spacial score (nSPS) is 11.9. The Balaban J connectivity index is 2.50. The van der Waals surface area contributed by atoms with Crippen LogP contribution in [0.25, 0.3) is 0 Å².